The van der Waals surface area contributed by atoms with Gasteiger partial charge in [0.2, 0.25) is 5.91 Å². The number of nitrogens with one attached hydrogen (secondary N) is 2. The molecule has 138 valence electrons. The molecule has 6 heteroatoms. The maximum atomic E-state index is 13.1. The van der Waals surface area contributed by atoms with Crippen LogP contribution in [0.5, 0.6) is 0 Å². The number of hydrogen-bond acceptors (Lipinski definition) is 5. The van der Waals surface area contributed by atoms with Crippen LogP contribution in [0.25, 0.3) is 0 Å². The van der Waals surface area contributed by atoms with E-state index in [1.165, 1.54) is 25.7 Å². The minimum Gasteiger partial charge on any atom is -0.359 e. The SMILES string of the molecule is CCCc1cc(CNC(=O)[C@]23CNC[C@H]2CN(C2CCCC2)C3)on1. The Bertz CT molecular complexity index is 610. The van der Waals surface area contributed by atoms with E-state index < -0.39 is 0 Å². The van der Waals surface area contributed by atoms with Gasteiger partial charge in [0.25, 0.3) is 0 Å². The van der Waals surface area contributed by atoms with Crippen LogP contribution in [0.15, 0.2) is 10.6 Å². The van der Waals surface area contributed by atoms with Crippen LogP contribution in [0.2, 0.25) is 0 Å². The third-order valence-corrected chi connectivity index (χ3v) is 6.38. The Kier molecular flexibility index (Phi) is 4.82. The summed E-state index contributed by atoms with van der Waals surface area (Å²) in [6, 6.07) is 2.66. The molecule has 1 amide bonds. The molecule has 1 aromatic heterocycles. The number of carbonyl (C=O) groups is 1. The van der Waals surface area contributed by atoms with Gasteiger partial charge in [0.1, 0.15) is 0 Å². The molecular formula is C19H30N4O2. The second kappa shape index (κ2) is 7.08. The van der Waals surface area contributed by atoms with Gasteiger partial charge in [-0.1, -0.05) is 31.3 Å². The highest BCUT2D eigenvalue weighted by Crippen LogP contribution is 2.42. The van der Waals surface area contributed by atoms with E-state index in [1.54, 1.807) is 0 Å². The van der Waals surface area contributed by atoms with Gasteiger partial charge >= 0.3 is 0 Å². The number of nitrogens with zero attached hydrogens (tertiary/aromatic N) is 2. The zero-order valence-electron chi connectivity index (χ0n) is 15.2. The second-order valence-electron chi connectivity index (χ2n) is 8.07. The Balaban J connectivity index is 1.39. The summed E-state index contributed by atoms with van der Waals surface area (Å²) in [5.41, 5.74) is 0.702. The average molecular weight is 346 g/mol. The number of likely N-dealkylation sites (tertiary alicyclic amines) is 1. The quantitative estimate of drug-likeness (QED) is 0.821. The molecule has 2 atom stereocenters. The van der Waals surface area contributed by atoms with Crippen LogP contribution in [-0.2, 0) is 17.8 Å². The molecule has 3 heterocycles. The van der Waals surface area contributed by atoms with Crippen molar-refractivity contribution in [3.63, 3.8) is 0 Å². The number of aryl methyl sites for hydroxylation is 1. The molecule has 1 aliphatic carbocycles. The lowest BCUT2D eigenvalue weighted by molar-refractivity contribution is -0.131. The van der Waals surface area contributed by atoms with Gasteiger partial charge in [0, 0.05) is 44.2 Å². The van der Waals surface area contributed by atoms with Crippen molar-refractivity contribution in [1.82, 2.24) is 20.7 Å². The summed E-state index contributed by atoms with van der Waals surface area (Å²) in [6.45, 7) is 6.28. The Morgan fingerprint density at radius 2 is 2.32 bits per heavy atom. The van der Waals surface area contributed by atoms with E-state index in [2.05, 4.69) is 27.6 Å². The summed E-state index contributed by atoms with van der Waals surface area (Å²) in [5, 5.41) is 10.6. The Morgan fingerprint density at radius 1 is 1.48 bits per heavy atom. The summed E-state index contributed by atoms with van der Waals surface area (Å²) in [6.07, 6.45) is 7.26. The van der Waals surface area contributed by atoms with Crippen molar-refractivity contribution >= 4 is 5.91 Å². The van der Waals surface area contributed by atoms with Crippen molar-refractivity contribution in [3.05, 3.63) is 17.5 Å². The van der Waals surface area contributed by atoms with E-state index >= 15 is 0 Å². The standard InChI is InChI=1S/C19H30N4O2/c1-2-5-15-8-17(25-22-15)10-21-18(24)19-12-20-9-14(19)11-23(13-19)16-6-3-4-7-16/h8,14,16,20H,2-7,9-13H2,1H3,(H,21,24)/t14-,19-/m0/s1. The second-order valence-corrected chi connectivity index (χ2v) is 8.07. The predicted molar refractivity (Wildman–Crippen MR) is 95.0 cm³/mol. The monoisotopic (exact) mass is 346 g/mol. The van der Waals surface area contributed by atoms with E-state index in [-0.39, 0.29) is 11.3 Å². The molecule has 0 spiro atoms. The van der Waals surface area contributed by atoms with E-state index in [9.17, 15) is 4.79 Å². The van der Waals surface area contributed by atoms with Crippen molar-refractivity contribution in [1.29, 1.82) is 0 Å². The van der Waals surface area contributed by atoms with Crippen LogP contribution in [0.1, 0.15) is 50.5 Å². The van der Waals surface area contributed by atoms with E-state index in [4.69, 9.17) is 4.52 Å². The minimum absolute atomic E-state index is 0.177. The third-order valence-electron chi connectivity index (χ3n) is 6.38. The molecule has 6 nitrogen and oxygen atoms in total. The molecule has 0 radical (unpaired) electrons. The topological polar surface area (TPSA) is 70.4 Å². The first-order valence-corrected chi connectivity index (χ1v) is 9.89. The zero-order valence-corrected chi connectivity index (χ0v) is 15.2. The first-order chi connectivity index (χ1) is 12.2. The number of carbonyl (C=O) groups excluding carboxylic acids is 1. The fraction of sp³-hybridized carbons (Fsp3) is 0.789. The molecule has 4 rings (SSSR count). The lowest BCUT2D eigenvalue weighted by Gasteiger charge is -2.28. The van der Waals surface area contributed by atoms with Crippen LogP contribution < -0.4 is 10.6 Å². The van der Waals surface area contributed by atoms with Crippen molar-refractivity contribution in [3.8, 4) is 0 Å². The largest absolute Gasteiger partial charge is 0.359 e. The number of hydrogen-bond donors (Lipinski definition) is 2. The lowest BCUT2D eigenvalue weighted by Crippen LogP contribution is -2.47. The van der Waals surface area contributed by atoms with Crippen LogP contribution >= 0.6 is 0 Å². The molecular weight excluding hydrogens is 316 g/mol. The Labute approximate surface area is 149 Å². The molecule has 0 bridgehead atoms. The smallest absolute Gasteiger partial charge is 0.229 e. The normalized spacial score (nSPS) is 30.0. The molecule has 3 fully saturated rings. The molecule has 2 aliphatic heterocycles. The molecule has 2 N–H and O–H groups in total. The molecule has 0 aromatic carbocycles. The first kappa shape index (κ1) is 17.0. The molecule has 3 aliphatic rings. The van der Waals surface area contributed by atoms with E-state index in [0.717, 1.165) is 50.5 Å². The highest BCUT2D eigenvalue weighted by atomic mass is 16.5. The van der Waals surface area contributed by atoms with E-state index in [0.29, 0.717) is 18.5 Å². The van der Waals surface area contributed by atoms with Gasteiger partial charge in [-0.2, -0.15) is 0 Å². The minimum atomic E-state index is -0.269. The average Bonchev–Trinajstić information content (AvgIpc) is 3.35. The van der Waals surface area contributed by atoms with Gasteiger partial charge in [-0.3, -0.25) is 9.69 Å². The fourth-order valence-electron chi connectivity index (χ4n) is 4.99. The molecule has 2 saturated heterocycles. The van der Waals surface area contributed by atoms with Crippen molar-refractivity contribution in [2.45, 2.75) is 58.0 Å². The van der Waals surface area contributed by atoms with Crippen molar-refractivity contribution in [2.24, 2.45) is 11.3 Å². The maximum Gasteiger partial charge on any atom is 0.229 e. The molecule has 0 unspecified atom stereocenters. The van der Waals surface area contributed by atoms with Gasteiger partial charge < -0.3 is 15.2 Å². The summed E-state index contributed by atoms with van der Waals surface area (Å²) in [5.74, 6) is 1.36. The number of rotatable bonds is 6. The van der Waals surface area contributed by atoms with Gasteiger partial charge in [0.05, 0.1) is 17.7 Å². The third kappa shape index (κ3) is 3.22. The van der Waals surface area contributed by atoms with Crippen molar-refractivity contribution in [2.75, 3.05) is 26.2 Å². The molecule has 1 aromatic rings. The van der Waals surface area contributed by atoms with Gasteiger partial charge in [0.15, 0.2) is 5.76 Å². The van der Waals surface area contributed by atoms with Crippen LogP contribution in [0.4, 0.5) is 0 Å². The first-order valence-electron chi connectivity index (χ1n) is 9.89. The number of aromatic nitrogens is 1. The zero-order chi connectivity index (χ0) is 17.3. The van der Waals surface area contributed by atoms with Crippen LogP contribution in [0.3, 0.4) is 0 Å². The van der Waals surface area contributed by atoms with E-state index in [1.807, 2.05) is 6.07 Å². The van der Waals surface area contributed by atoms with Gasteiger partial charge in [-0.25, -0.2) is 0 Å². The Hall–Kier alpha value is -1.40. The highest BCUT2D eigenvalue weighted by Gasteiger charge is 2.55. The number of fused-ring (bicyclic) bond motifs is 1. The molecule has 25 heavy (non-hydrogen) atoms. The fourth-order valence-corrected chi connectivity index (χ4v) is 4.99. The Morgan fingerprint density at radius 3 is 3.12 bits per heavy atom. The summed E-state index contributed by atoms with van der Waals surface area (Å²) in [7, 11) is 0. The van der Waals surface area contributed by atoms with Crippen LogP contribution in [-0.4, -0.2) is 48.2 Å². The lowest BCUT2D eigenvalue weighted by atomic mass is 9.80. The number of amides is 1. The summed E-state index contributed by atoms with van der Waals surface area (Å²) < 4.78 is 5.35. The maximum absolute atomic E-state index is 13.1. The van der Waals surface area contributed by atoms with Crippen molar-refractivity contribution < 1.29 is 9.32 Å². The highest BCUT2D eigenvalue weighted by molar-refractivity contribution is 5.84. The summed E-state index contributed by atoms with van der Waals surface area (Å²) >= 11 is 0. The van der Waals surface area contributed by atoms with Crippen LogP contribution in [0, 0.1) is 11.3 Å². The predicted octanol–water partition coefficient (Wildman–Crippen LogP) is 1.71. The summed E-state index contributed by atoms with van der Waals surface area (Å²) in [4.78, 5) is 15.7. The van der Waals surface area contributed by atoms with Gasteiger partial charge in [-0.05, 0) is 19.3 Å². The molecule has 1 saturated carbocycles. The van der Waals surface area contributed by atoms with Gasteiger partial charge in [-0.15, -0.1) is 0 Å².